The lowest BCUT2D eigenvalue weighted by molar-refractivity contribution is -0.127. The minimum Gasteiger partial charge on any atom is -0.353 e. The van der Waals surface area contributed by atoms with Crippen LogP contribution in [0.3, 0.4) is 0 Å². The van der Waals surface area contributed by atoms with E-state index in [2.05, 4.69) is 42.6 Å². The predicted molar refractivity (Wildman–Crippen MR) is 144 cm³/mol. The third-order valence-electron chi connectivity index (χ3n) is 6.31. The Kier molecular flexibility index (Phi) is 9.05. The SMILES string of the molecule is CCN(CC)C(=O)CSc1nc(Cl)cc(N2CCN(C(=O)c3ccc(C(C)(C)C)cc3)C(C)C2)n1. The fraction of sp³-hybridized carbons (Fsp3) is 0.538. The van der Waals surface area contributed by atoms with Gasteiger partial charge >= 0.3 is 0 Å². The summed E-state index contributed by atoms with van der Waals surface area (Å²) in [7, 11) is 0. The van der Waals surface area contributed by atoms with E-state index >= 15 is 0 Å². The van der Waals surface area contributed by atoms with Crippen LogP contribution in [0.25, 0.3) is 0 Å². The lowest BCUT2D eigenvalue weighted by Gasteiger charge is -2.40. The Morgan fingerprint density at radius 2 is 1.77 bits per heavy atom. The molecular weight excluding hydrogens is 482 g/mol. The minimum absolute atomic E-state index is 0.00707. The number of piperazine rings is 1. The van der Waals surface area contributed by atoms with Crippen LogP contribution in [-0.2, 0) is 10.2 Å². The number of anilines is 1. The van der Waals surface area contributed by atoms with E-state index in [-0.39, 0.29) is 29.0 Å². The van der Waals surface area contributed by atoms with Crippen molar-refractivity contribution in [2.45, 2.75) is 58.2 Å². The summed E-state index contributed by atoms with van der Waals surface area (Å²) in [6.45, 7) is 15.7. The molecular formula is C26H36ClN5O2S. The standard InChI is InChI=1S/C26H36ClN5O2S/c1-7-30(8-2)23(33)17-35-25-28-21(27)15-22(29-25)31-13-14-32(18(3)16-31)24(34)19-9-11-20(12-10-19)26(4,5)6/h9-12,15,18H,7-8,13-14,16-17H2,1-6H3. The second-order valence-corrected chi connectivity index (χ2v) is 11.1. The van der Waals surface area contributed by atoms with Gasteiger partial charge in [0.25, 0.3) is 5.91 Å². The fourth-order valence-corrected chi connectivity index (χ4v) is 5.14. The normalized spacial score (nSPS) is 16.4. The molecule has 2 aromatic rings. The summed E-state index contributed by atoms with van der Waals surface area (Å²) in [6, 6.07) is 9.69. The quantitative estimate of drug-likeness (QED) is 0.300. The van der Waals surface area contributed by atoms with E-state index in [1.54, 1.807) is 11.0 Å². The van der Waals surface area contributed by atoms with Crippen LogP contribution >= 0.6 is 23.4 Å². The Hall–Kier alpha value is -2.32. The molecule has 1 saturated heterocycles. The minimum atomic E-state index is 0.00707. The number of hydrogen-bond acceptors (Lipinski definition) is 6. The Balaban J connectivity index is 1.65. The summed E-state index contributed by atoms with van der Waals surface area (Å²) in [5, 5.41) is 0.830. The van der Waals surface area contributed by atoms with Gasteiger partial charge in [-0.1, -0.05) is 56.3 Å². The van der Waals surface area contributed by atoms with E-state index in [0.29, 0.717) is 48.6 Å². The summed E-state index contributed by atoms with van der Waals surface area (Å²) in [6.07, 6.45) is 0. The highest BCUT2D eigenvalue weighted by Crippen LogP contribution is 2.26. The average molecular weight is 518 g/mol. The molecule has 1 fully saturated rings. The smallest absolute Gasteiger partial charge is 0.254 e. The van der Waals surface area contributed by atoms with E-state index in [0.717, 1.165) is 5.82 Å². The zero-order chi connectivity index (χ0) is 25.8. The van der Waals surface area contributed by atoms with Crippen LogP contribution in [0.1, 0.15) is 57.5 Å². The molecule has 2 heterocycles. The molecule has 9 heteroatoms. The second-order valence-electron chi connectivity index (χ2n) is 9.81. The van der Waals surface area contributed by atoms with Gasteiger partial charge in [0, 0.05) is 50.4 Å². The number of benzene rings is 1. The number of halogens is 1. The first kappa shape index (κ1) is 27.3. The van der Waals surface area contributed by atoms with Crippen molar-refractivity contribution in [3.8, 4) is 0 Å². The molecule has 1 aromatic carbocycles. The van der Waals surface area contributed by atoms with Crippen LogP contribution < -0.4 is 4.90 Å². The molecule has 0 spiro atoms. The predicted octanol–water partition coefficient (Wildman–Crippen LogP) is 4.74. The van der Waals surface area contributed by atoms with E-state index in [9.17, 15) is 9.59 Å². The van der Waals surface area contributed by atoms with Gasteiger partial charge in [0.15, 0.2) is 5.16 Å². The molecule has 0 N–H and O–H groups in total. The van der Waals surface area contributed by atoms with Crippen molar-refractivity contribution in [3.63, 3.8) is 0 Å². The van der Waals surface area contributed by atoms with Crippen molar-refractivity contribution in [1.29, 1.82) is 0 Å². The molecule has 1 atom stereocenters. The largest absolute Gasteiger partial charge is 0.353 e. The Bertz CT molecular complexity index is 1040. The summed E-state index contributed by atoms with van der Waals surface area (Å²) < 4.78 is 0. The van der Waals surface area contributed by atoms with Gasteiger partial charge in [-0.3, -0.25) is 9.59 Å². The third-order valence-corrected chi connectivity index (χ3v) is 7.34. The van der Waals surface area contributed by atoms with Gasteiger partial charge in [0.2, 0.25) is 5.91 Å². The topological polar surface area (TPSA) is 69.6 Å². The molecule has 1 aromatic heterocycles. The highest BCUT2D eigenvalue weighted by Gasteiger charge is 2.29. The Labute approximate surface area is 218 Å². The van der Waals surface area contributed by atoms with Crippen LogP contribution in [0.5, 0.6) is 0 Å². The van der Waals surface area contributed by atoms with E-state index in [1.807, 2.05) is 43.0 Å². The van der Waals surface area contributed by atoms with Crippen molar-refractivity contribution in [1.82, 2.24) is 19.8 Å². The summed E-state index contributed by atoms with van der Waals surface area (Å²) in [5.41, 5.74) is 1.97. The fourth-order valence-electron chi connectivity index (χ4n) is 4.15. The maximum Gasteiger partial charge on any atom is 0.254 e. The third kappa shape index (κ3) is 6.88. The highest BCUT2D eigenvalue weighted by molar-refractivity contribution is 7.99. The molecule has 0 bridgehead atoms. The van der Waals surface area contributed by atoms with Crippen LogP contribution in [0, 0.1) is 0 Å². The molecule has 1 unspecified atom stereocenters. The molecule has 1 aliphatic rings. The van der Waals surface area contributed by atoms with Crippen molar-refractivity contribution >= 4 is 41.0 Å². The first-order valence-electron chi connectivity index (χ1n) is 12.1. The van der Waals surface area contributed by atoms with E-state index in [1.165, 1.54) is 17.3 Å². The maximum atomic E-state index is 13.2. The number of hydrogen-bond donors (Lipinski definition) is 0. The molecule has 2 amide bonds. The molecule has 1 aliphatic heterocycles. The number of aromatic nitrogens is 2. The van der Waals surface area contributed by atoms with Crippen LogP contribution in [0.4, 0.5) is 5.82 Å². The van der Waals surface area contributed by atoms with Crippen molar-refractivity contribution in [3.05, 3.63) is 46.6 Å². The first-order valence-corrected chi connectivity index (χ1v) is 13.5. The van der Waals surface area contributed by atoms with Crippen molar-refractivity contribution < 1.29 is 9.59 Å². The molecule has 7 nitrogen and oxygen atoms in total. The Morgan fingerprint density at radius 1 is 1.11 bits per heavy atom. The zero-order valence-corrected chi connectivity index (χ0v) is 23.1. The number of rotatable bonds is 7. The summed E-state index contributed by atoms with van der Waals surface area (Å²) >= 11 is 7.59. The maximum absolute atomic E-state index is 13.2. The molecule has 35 heavy (non-hydrogen) atoms. The van der Waals surface area contributed by atoms with Gasteiger partial charge in [-0.25, -0.2) is 9.97 Å². The summed E-state index contributed by atoms with van der Waals surface area (Å²) in [5.74, 6) is 1.09. The average Bonchev–Trinajstić information content (AvgIpc) is 2.82. The van der Waals surface area contributed by atoms with Gasteiger partial charge < -0.3 is 14.7 Å². The molecule has 0 radical (unpaired) electrons. The van der Waals surface area contributed by atoms with Crippen LogP contribution in [0.2, 0.25) is 5.15 Å². The van der Waals surface area contributed by atoms with Gasteiger partial charge in [0.05, 0.1) is 5.75 Å². The molecule has 0 saturated carbocycles. The van der Waals surface area contributed by atoms with Crippen LogP contribution in [-0.4, -0.2) is 76.1 Å². The lowest BCUT2D eigenvalue weighted by Crippen LogP contribution is -2.54. The van der Waals surface area contributed by atoms with Gasteiger partial charge in [0.1, 0.15) is 11.0 Å². The second kappa shape index (κ2) is 11.6. The monoisotopic (exact) mass is 517 g/mol. The number of carbonyl (C=O) groups excluding carboxylic acids is 2. The number of amides is 2. The van der Waals surface area contributed by atoms with Gasteiger partial charge in [-0.05, 0) is 43.9 Å². The van der Waals surface area contributed by atoms with E-state index in [4.69, 9.17) is 11.6 Å². The molecule has 0 aliphatic carbocycles. The highest BCUT2D eigenvalue weighted by atomic mass is 35.5. The van der Waals surface area contributed by atoms with Crippen LogP contribution in [0.15, 0.2) is 35.5 Å². The molecule has 3 rings (SSSR count). The van der Waals surface area contributed by atoms with Gasteiger partial charge in [-0.2, -0.15) is 0 Å². The van der Waals surface area contributed by atoms with Gasteiger partial charge in [-0.15, -0.1) is 0 Å². The van der Waals surface area contributed by atoms with Crippen molar-refractivity contribution in [2.75, 3.05) is 43.4 Å². The van der Waals surface area contributed by atoms with E-state index < -0.39 is 0 Å². The summed E-state index contributed by atoms with van der Waals surface area (Å²) in [4.78, 5) is 40.3. The number of nitrogens with zero attached hydrogens (tertiary/aromatic N) is 5. The number of carbonyl (C=O) groups is 2. The molecule has 190 valence electrons. The lowest BCUT2D eigenvalue weighted by atomic mass is 9.86. The zero-order valence-electron chi connectivity index (χ0n) is 21.5. The first-order chi connectivity index (χ1) is 16.5. The van der Waals surface area contributed by atoms with Crippen molar-refractivity contribution in [2.24, 2.45) is 0 Å². The Morgan fingerprint density at radius 3 is 2.34 bits per heavy atom. The number of thioether (sulfide) groups is 1.